The number of anilines is 1. The second-order valence-electron chi connectivity index (χ2n) is 4.22. The van der Waals surface area contributed by atoms with Crippen LogP contribution in [-0.2, 0) is 4.79 Å². The Morgan fingerprint density at radius 1 is 1.52 bits per heavy atom. The molecule has 0 aliphatic carbocycles. The molecule has 23 heavy (non-hydrogen) atoms. The standard InChI is InChI=1S/C13H14N4O3S3/c1-2-20-7-3-4-9(8(5-7)11(14)19)15-10(18)6-22-13-17-16-12(21)23-13/h3-5H,2,6H2,1H3,(H2,14,19)(H,15,18)(H,16,21). The number of ether oxygens (including phenoxy) is 1. The molecule has 2 amide bonds. The van der Waals surface area contributed by atoms with Gasteiger partial charge in [0.05, 0.1) is 23.6 Å². The number of hydrogen-bond acceptors (Lipinski definition) is 7. The van der Waals surface area contributed by atoms with Crippen LogP contribution in [0.15, 0.2) is 22.5 Å². The third kappa shape index (κ3) is 5.05. The van der Waals surface area contributed by atoms with Crippen LogP contribution in [0.2, 0.25) is 0 Å². The third-order valence-electron chi connectivity index (χ3n) is 2.59. The molecule has 0 saturated heterocycles. The van der Waals surface area contributed by atoms with E-state index in [1.807, 2.05) is 6.92 Å². The topological polar surface area (TPSA) is 110 Å². The maximum atomic E-state index is 12.0. The Bertz CT molecular complexity index is 772. The van der Waals surface area contributed by atoms with E-state index < -0.39 is 5.91 Å². The van der Waals surface area contributed by atoms with Crippen molar-refractivity contribution in [1.29, 1.82) is 0 Å². The van der Waals surface area contributed by atoms with E-state index in [1.54, 1.807) is 12.1 Å². The highest BCUT2D eigenvalue weighted by Crippen LogP contribution is 2.24. The van der Waals surface area contributed by atoms with Gasteiger partial charge in [-0.15, -0.1) is 0 Å². The van der Waals surface area contributed by atoms with Gasteiger partial charge in [0, 0.05) is 0 Å². The van der Waals surface area contributed by atoms with Crippen LogP contribution in [0, 0.1) is 3.95 Å². The highest BCUT2D eigenvalue weighted by Gasteiger charge is 2.13. The first-order valence-corrected chi connectivity index (χ1v) is 8.75. The van der Waals surface area contributed by atoms with Gasteiger partial charge in [-0.2, -0.15) is 5.10 Å². The summed E-state index contributed by atoms with van der Waals surface area (Å²) in [6.45, 7) is 2.30. The quantitative estimate of drug-likeness (QED) is 0.510. The van der Waals surface area contributed by atoms with Crippen LogP contribution in [0.5, 0.6) is 5.75 Å². The second-order valence-corrected chi connectivity index (χ2v) is 7.11. The van der Waals surface area contributed by atoms with Crippen LogP contribution in [0.4, 0.5) is 5.69 Å². The SMILES string of the molecule is CCOc1ccc(NC(=O)CSc2n[nH]c(=S)s2)c(C(N)=O)c1. The van der Waals surface area contributed by atoms with Crippen molar-refractivity contribution in [2.45, 2.75) is 11.3 Å². The fourth-order valence-electron chi connectivity index (χ4n) is 1.68. The molecule has 0 aliphatic rings. The number of thioether (sulfide) groups is 1. The van der Waals surface area contributed by atoms with Crippen molar-refractivity contribution < 1.29 is 14.3 Å². The first-order chi connectivity index (χ1) is 11.0. The minimum atomic E-state index is -0.639. The van der Waals surface area contributed by atoms with E-state index in [0.717, 1.165) is 0 Å². The Balaban J connectivity index is 2.04. The monoisotopic (exact) mass is 370 g/mol. The summed E-state index contributed by atoms with van der Waals surface area (Å²) in [6.07, 6.45) is 0. The Labute approximate surface area is 145 Å². The predicted molar refractivity (Wildman–Crippen MR) is 92.8 cm³/mol. The molecule has 2 aromatic rings. The first-order valence-electron chi connectivity index (χ1n) is 6.54. The molecule has 122 valence electrons. The molecule has 0 radical (unpaired) electrons. The number of carbonyl (C=O) groups excluding carboxylic acids is 2. The van der Waals surface area contributed by atoms with E-state index in [-0.39, 0.29) is 17.2 Å². The molecular weight excluding hydrogens is 356 g/mol. The fourth-order valence-corrected chi connectivity index (χ4v) is 3.57. The van der Waals surface area contributed by atoms with Crippen LogP contribution in [0.3, 0.4) is 0 Å². The largest absolute Gasteiger partial charge is 0.494 e. The van der Waals surface area contributed by atoms with Gasteiger partial charge >= 0.3 is 0 Å². The zero-order chi connectivity index (χ0) is 16.8. The summed E-state index contributed by atoms with van der Waals surface area (Å²) in [5.74, 6) is -0.255. The first kappa shape index (κ1) is 17.4. The molecule has 0 aliphatic heterocycles. The van der Waals surface area contributed by atoms with E-state index >= 15 is 0 Å². The lowest BCUT2D eigenvalue weighted by Gasteiger charge is -2.11. The Morgan fingerprint density at radius 2 is 2.30 bits per heavy atom. The van der Waals surface area contributed by atoms with Crippen LogP contribution < -0.4 is 15.8 Å². The average molecular weight is 370 g/mol. The van der Waals surface area contributed by atoms with Gasteiger partial charge in [0.1, 0.15) is 5.75 Å². The van der Waals surface area contributed by atoms with Gasteiger partial charge in [-0.1, -0.05) is 23.1 Å². The molecule has 0 atom stereocenters. The van der Waals surface area contributed by atoms with Crippen molar-refractivity contribution in [3.05, 3.63) is 27.7 Å². The van der Waals surface area contributed by atoms with Crippen molar-refractivity contribution in [3.8, 4) is 5.75 Å². The minimum Gasteiger partial charge on any atom is -0.494 e. The van der Waals surface area contributed by atoms with Crippen molar-refractivity contribution in [2.75, 3.05) is 17.7 Å². The summed E-state index contributed by atoms with van der Waals surface area (Å²) in [5, 5.41) is 9.26. The summed E-state index contributed by atoms with van der Waals surface area (Å²) in [4.78, 5) is 23.5. The lowest BCUT2D eigenvalue weighted by molar-refractivity contribution is -0.113. The zero-order valence-corrected chi connectivity index (χ0v) is 14.6. The van der Waals surface area contributed by atoms with Crippen molar-refractivity contribution >= 4 is 52.8 Å². The predicted octanol–water partition coefficient (Wildman–Crippen LogP) is 2.43. The number of benzene rings is 1. The van der Waals surface area contributed by atoms with Gasteiger partial charge in [0.25, 0.3) is 5.91 Å². The smallest absolute Gasteiger partial charge is 0.250 e. The maximum absolute atomic E-state index is 12.0. The van der Waals surface area contributed by atoms with Crippen molar-refractivity contribution in [3.63, 3.8) is 0 Å². The molecular formula is C13H14N4O3S3. The second kappa shape index (κ2) is 8.09. The number of amides is 2. The van der Waals surface area contributed by atoms with Gasteiger partial charge in [0.15, 0.2) is 8.29 Å². The molecule has 0 unspecified atom stereocenters. The third-order valence-corrected chi connectivity index (χ3v) is 4.82. The molecule has 0 spiro atoms. The number of rotatable bonds is 7. The molecule has 1 heterocycles. The molecule has 10 heteroatoms. The van der Waals surface area contributed by atoms with Crippen LogP contribution in [0.1, 0.15) is 17.3 Å². The van der Waals surface area contributed by atoms with E-state index in [1.165, 1.54) is 29.2 Å². The maximum Gasteiger partial charge on any atom is 0.250 e. The lowest BCUT2D eigenvalue weighted by atomic mass is 10.1. The summed E-state index contributed by atoms with van der Waals surface area (Å²) >= 11 is 7.46. The van der Waals surface area contributed by atoms with Gasteiger partial charge in [-0.3, -0.25) is 14.7 Å². The number of aromatic nitrogens is 2. The number of nitrogens with two attached hydrogens (primary N) is 1. The van der Waals surface area contributed by atoms with Gasteiger partial charge in [0.2, 0.25) is 5.91 Å². The van der Waals surface area contributed by atoms with E-state index in [2.05, 4.69) is 15.5 Å². The molecule has 4 N–H and O–H groups in total. The highest BCUT2D eigenvalue weighted by atomic mass is 32.2. The van der Waals surface area contributed by atoms with E-state index in [0.29, 0.717) is 26.3 Å². The zero-order valence-electron chi connectivity index (χ0n) is 12.1. The highest BCUT2D eigenvalue weighted by molar-refractivity contribution is 8.01. The molecule has 0 bridgehead atoms. The summed E-state index contributed by atoms with van der Waals surface area (Å²) in [7, 11) is 0. The number of carbonyl (C=O) groups is 2. The van der Waals surface area contributed by atoms with E-state index in [4.69, 9.17) is 22.7 Å². The summed E-state index contributed by atoms with van der Waals surface area (Å²) < 4.78 is 6.54. The molecule has 0 saturated carbocycles. The van der Waals surface area contributed by atoms with Gasteiger partial charge in [-0.25, -0.2) is 0 Å². The average Bonchev–Trinajstić information content (AvgIpc) is 2.92. The molecule has 0 fully saturated rings. The van der Waals surface area contributed by atoms with Crippen LogP contribution >= 0.6 is 35.3 Å². The number of H-pyrrole nitrogens is 1. The number of nitrogens with one attached hydrogen (secondary N) is 2. The Hall–Kier alpha value is -1.91. The minimum absolute atomic E-state index is 0.140. The van der Waals surface area contributed by atoms with Crippen LogP contribution in [-0.4, -0.2) is 34.4 Å². The normalized spacial score (nSPS) is 10.3. The Morgan fingerprint density at radius 3 is 2.91 bits per heavy atom. The molecule has 2 rings (SSSR count). The lowest BCUT2D eigenvalue weighted by Crippen LogP contribution is -2.19. The van der Waals surface area contributed by atoms with Crippen molar-refractivity contribution in [1.82, 2.24) is 10.2 Å². The van der Waals surface area contributed by atoms with Crippen LogP contribution in [0.25, 0.3) is 0 Å². The Kier molecular flexibility index (Phi) is 6.13. The molecule has 1 aromatic heterocycles. The summed E-state index contributed by atoms with van der Waals surface area (Å²) in [5.41, 5.74) is 5.90. The van der Waals surface area contributed by atoms with Crippen molar-refractivity contribution in [2.24, 2.45) is 5.73 Å². The molecule has 1 aromatic carbocycles. The fraction of sp³-hybridized carbons (Fsp3) is 0.231. The van der Waals surface area contributed by atoms with Gasteiger partial charge < -0.3 is 15.8 Å². The summed E-state index contributed by atoms with van der Waals surface area (Å²) in [6, 6.07) is 4.76. The van der Waals surface area contributed by atoms with E-state index in [9.17, 15) is 9.59 Å². The number of hydrogen-bond donors (Lipinski definition) is 3. The van der Waals surface area contributed by atoms with Gasteiger partial charge in [-0.05, 0) is 37.3 Å². The number of primary amides is 1. The number of nitrogens with zero attached hydrogens (tertiary/aromatic N) is 1. The number of aromatic amines is 1. The molecule has 7 nitrogen and oxygen atoms in total.